The summed E-state index contributed by atoms with van der Waals surface area (Å²) in [4.78, 5) is 19.1. The Bertz CT molecular complexity index is 1080. The minimum absolute atomic E-state index is 0.0586. The van der Waals surface area contributed by atoms with Crippen LogP contribution in [-0.4, -0.2) is 55.5 Å². The topological polar surface area (TPSA) is 93.9 Å². The molecule has 1 saturated carbocycles. The molecule has 3 N–H and O–H groups in total. The van der Waals surface area contributed by atoms with Crippen molar-refractivity contribution >= 4 is 5.65 Å². The van der Waals surface area contributed by atoms with Crippen LogP contribution in [0.5, 0.6) is 0 Å². The molecule has 5 rings (SSSR count). The Hall–Kier alpha value is -2.48. The Morgan fingerprint density at radius 2 is 2.07 bits per heavy atom. The number of aliphatic hydroxyl groups is 2. The zero-order chi connectivity index (χ0) is 19.5. The van der Waals surface area contributed by atoms with Crippen LogP contribution in [0.1, 0.15) is 22.9 Å². The van der Waals surface area contributed by atoms with Gasteiger partial charge in [-0.15, -0.1) is 0 Å². The highest BCUT2D eigenvalue weighted by molar-refractivity contribution is 5.40. The second kappa shape index (κ2) is 6.27. The molecule has 1 aliphatic carbocycles. The monoisotopic (exact) mass is 380 g/mol. The van der Waals surface area contributed by atoms with Gasteiger partial charge in [0.25, 0.3) is 5.56 Å². The number of nitrogens with zero attached hydrogens (tertiary/aromatic N) is 3. The van der Waals surface area contributed by atoms with Gasteiger partial charge in [0.05, 0.1) is 11.8 Å². The number of nitrogens with one attached hydrogen (secondary N) is 1. The van der Waals surface area contributed by atoms with Gasteiger partial charge in [0.15, 0.2) is 5.65 Å². The zero-order valence-electron chi connectivity index (χ0n) is 15.7. The molecule has 1 aromatic carbocycles. The van der Waals surface area contributed by atoms with Crippen molar-refractivity contribution < 1.29 is 10.2 Å². The normalized spacial score (nSPS) is 29.8. The Balaban J connectivity index is 1.40. The van der Waals surface area contributed by atoms with Crippen molar-refractivity contribution in [2.75, 3.05) is 19.7 Å². The average Bonchev–Trinajstić information content (AvgIpc) is 2.98. The maximum Gasteiger partial charge on any atom is 0.272 e. The summed E-state index contributed by atoms with van der Waals surface area (Å²) in [7, 11) is 0. The number of H-pyrrole nitrogens is 1. The first-order valence-corrected chi connectivity index (χ1v) is 9.67. The molecule has 2 aromatic heterocycles. The van der Waals surface area contributed by atoms with E-state index in [0.29, 0.717) is 31.0 Å². The van der Waals surface area contributed by atoms with Crippen molar-refractivity contribution in [1.82, 2.24) is 19.5 Å². The van der Waals surface area contributed by atoms with Gasteiger partial charge in [-0.3, -0.25) is 14.8 Å². The number of rotatable bonds is 4. The molecule has 1 spiro atoms. The highest BCUT2D eigenvalue weighted by Gasteiger charge is 2.70. The molecule has 2 fully saturated rings. The van der Waals surface area contributed by atoms with Gasteiger partial charge in [-0.25, -0.2) is 9.50 Å². The summed E-state index contributed by atoms with van der Waals surface area (Å²) in [6, 6.07) is 13.5. The highest BCUT2D eigenvalue weighted by Crippen LogP contribution is 2.68. The van der Waals surface area contributed by atoms with E-state index in [1.165, 1.54) is 10.1 Å². The number of aryl methyl sites for hydroxylation is 1. The molecular formula is C21H24N4O3. The van der Waals surface area contributed by atoms with Crippen LogP contribution in [0.15, 0.2) is 47.3 Å². The fourth-order valence-electron chi connectivity index (χ4n) is 5.25. The number of aliphatic hydroxyl groups excluding tert-OH is 2. The number of hydrogen-bond donors (Lipinski definition) is 3. The summed E-state index contributed by atoms with van der Waals surface area (Å²) in [6.07, 6.45) is -0.505. The lowest BCUT2D eigenvalue weighted by molar-refractivity contribution is 0.111. The first kappa shape index (κ1) is 17.6. The molecule has 7 nitrogen and oxygen atoms in total. The number of aromatic amines is 1. The van der Waals surface area contributed by atoms with Gasteiger partial charge >= 0.3 is 0 Å². The van der Waals surface area contributed by atoms with Gasteiger partial charge in [-0.05, 0) is 24.3 Å². The van der Waals surface area contributed by atoms with E-state index in [-0.39, 0.29) is 29.4 Å². The van der Waals surface area contributed by atoms with Crippen LogP contribution in [0.2, 0.25) is 0 Å². The van der Waals surface area contributed by atoms with E-state index in [4.69, 9.17) is 0 Å². The highest BCUT2D eigenvalue weighted by atomic mass is 16.3. The number of hydrogen-bond acceptors (Lipinski definition) is 5. The number of aromatic nitrogens is 3. The smallest absolute Gasteiger partial charge is 0.272 e. The zero-order valence-corrected chi connectivity index (χ0v) is 15.7. The molecule has 3 heterocycles. The lowest BCUT2D eigenvalue weighted by atomic mass is 9.95. The second-order valence-corrected chi connectivity index (χ2v) is 8.19. The molecular weight excluding hydrogens is 356 g/mol. The van der Waals surface area contributed by atoms with Gasteiger partial charge in [-0.1, -0.05) is 30.3 Å². The third kappa shape index (κ3) is 2.54. The molecule has 28 heavy (non-hydrogen) atoms. The summed E-state index contributed by atoms with van der Waals surface area (Å²) in [5.74, 6) is 0.218. The van der Waals surface area contributed by atoms with Gasteiger partial charge in [0, 0.05) is 49.5 Å². The van der Waals surface area contributed by atoms with Crippen molar-refractivity contribution in [3.05, 3.63) is 69.8 Å². The fourth-order valence-corrected chi connectivity index (χ4v) is 5.25. The lowest BCUT2D eigenvalue weighted by Gasteiger charge is -2.16. The van der Waals surface area contributed by atoms with E-state index in [2.05, 4.69) is 27.1 Å². The maximum atomic E-state index is 12.3. The molecule has 146 valence electrons. The number of β-amino-alcohol motifs (C(OH)–C–C–N with tert-alkyl or cyclic N) is 1. The predicted molar refractivity (Wildman–Crippen MR) is 104 cm³/mol. The van der Waals surface area contributed by atoms with Crippen molar-refractivity contribution in [2.45, 2.75) is 25.5 Å². The Kier molecular flexibility index (Phi) is 3.94. The van der Waals surface area contributed by atoms with Crippen molar-refractivity contribution in [3.8, 4) is 0 Å². The van der Waals surface area contributed by atoms with Crippen LogP contribution in [0.25, 0.3) is 5.65 Å². The van der Waals surface area contributed by atoms with E-state index in [9.17, 15) is 15.0 Å². The number of likely N-dealkylation sites (tertiary alicyclic amines) is 1. The first-order valence-electron chi connectivity index (χ1n) is 9.67. The van der Waals surface area contributed by atoms with Gasteiger partial charge < -0.3 is 10.2 Å². The quantitative estimate of drug-likeness (QED) is 0.625. The van der Waals surface area contributed by atoms with Crippen LogP contribution in [0.4, 0.5) is 0 Å². The molecule has 0 radical (unpaired) electrons. The summed E-state index contributed by atoms with van der Waals surface area (Å²) >= 11 is 0. The minimum atomic E-state index is -0.505. The van der Waals surface area contributed by atoms with Crippen molar-refractivity contribution in [1.29, 1.82) is 0 Å². The molecule has 0 unspecified atom stereocenters. The van der Waals surface area contributed by atoms with Gasteiger partial charge in [-0.2, -0.15) is 0 Å². The summed E-state index contributed by atoms with van der Waals surface area (Å²) in [6.45, 7) is 3.67. The molecule has 1 aliphatic heterocycles. The molecule has 0 amide bonds. The number of benzene rings is 1. The predicted octanol–water partition coefficient (Wildman–Crippen LogP) is 0.900. The van der Waals surface area contributed by atoms with E-state index >= 15 is 0 Å². The van der Waals surface area contributed by atoms with E-state index in [1.54, 1.807) is 6.07 Å². The van der Waals surface area contributed by atoms with Crippen LogP contribution in [0, 0.1) is 18.3 Å². The van der Waals surface area contributed by atoms with Crippen molar-refractivity contribution in [3.63, 3.8) is 0 Å². The van der Waals surface area contributed by atoms with E-state index in [0.717, 1.165) is 5.69 Å². The van der Waals surface area contributed by atoms with Crippen LogP contribution < -0.4 is 5.56 Å². The van der Waals surface area contributed by atoms with E-state index < -0.39 is 6.10 Å². The third-order valence-electron chi connectivity index (χ3n) is 6.48. The minimum Gasteiger partial charge on any atom is -0.396 e. The maximum absolute atomic E-state index is 12.3. The SMILES string of the molecule is Cc1cc2nc(CN3C[C@H](O)[C@@]4(C3)[C@H](CO)[C@H]4c3ccccc3)cc(=O)n2[nH]1. The summed E-state index contributed by atoms with van der Waals surface area (Å²) in [5.41, 5.74) is 2.90. The van der Waals surface area contributed by atoms with Crippen LogP contribution in [0.3, 0.4) is 0 Å². The van der Waals surface area contributed by atoms with Gasteiger partial charge in [0.1, 0.15) is 0 Å². The molecule has 1 saturated heterocycles. The summed E-state index contributed by atoms with van der Waals surface area (Å²) < 4.78 is 1.44. The van der Waals surface area contributed by atoms with Gasteiger partial charge in [0.2, 0.25) is 0 Å². The standard InChI is InChI=1S/C21H24N4O3/c1-13-7-18-22-15(8-19(28)25(18)23-13)9-24-10-17(27)21(12-24)16(11-26)20(21)14-5-3-2-4-6-14/h2-8,16-17,20,23,26-27H,9-12H2,1H3/t16-,17+,20-,21-/m1/s1. The Morgan fingerprint density at radius 1 is 1.29 bits per heavy atom. The lowest BCUT2D eigenvalue weighted by Crippen LogP contribution is -2.24. The van der Waals surface area contributed by atoms with Crippen LogP contribution >= 0.6 is 0 Å². The molecule has 7 heteroatoms. The van der Waals surface area contributed by atoms with Crippen LogP contribution in [-0.2, 0) is 6.54 Å². The molecule has 4 atom stereocenters. The van der Waals surface area contributed by atoms with Crippen molar-refractivity contribution in [2.24, 2.45) is 11.3 Å². The fraction of sp³-hybridized carbons (Fsp3) is 0.429. The third-order valence-corrected chi connectivity index (χ3v) is 6.48. The molecule has 2 aliphatic rings. The Morgan fingerprint density at radius 3 is 2.82 bits per heavy atom. The molecule has 0 bridgehead atoms. The summed E-state index contributed by atoms with van der Waals surface area (Å²) in [5, 5.41) is 23.8. The number of fused-ring (bicyclic) bond motifs is 1. The largest absolute Gasteiger partial charge is 0.396 e. The first-order chi connectivity index (χ1) is 13.5. The molecule has 3 aromatic rings. The Labute approximate surface area is 162 Å². The average molecular weight is 380 g/mol. The second-order valence-electron chi connectivity index (χ2n) is 8.19. The van der Waals surface area contributed by atoms with E-state index in [1.807, 2.05) is 31.2 Å².